The van der Waals surface area contributed by atoms with E-state index < -0.39 is 0 Å². The minimum absolute atomic E-state index is 0.0242. The van der Waals surface area contributed by atoms with E-state index in [9.17, 15) is 9.59 Å². The van der Waals surface area contributed by atoms with Crippen molar-refractivity contribution in [2.24, 2.45) is 0 Å². The van der Waals surface area contributed by atoms with Gasteiger partial charge in [0.2, 0.25) is 5.91 Å². The first kappa shape index (κ1) is 14.8. The van der Waals surface area contributed by atoms with Crippen LogP contribution < -0.4 is 10.6 Å². The molecule has 2 N–H and O–H groups in total. The highest BCUT2D eigenvalue weighted by atomic mass is 16.2. The Bertz CT molecular complexity index is 648. The third-order valence-electron chi connectivity index (χ3n) is 3.06. The summed E-state index contributed by atoms with van der Waals surface area (Å²) in [4.78, 5) is 23.2. The van der Waals surface area contributed by atoms with Crippen molar-refractivity contribution in [1.82, 2.24) is 0 Å². The quantitative estimate of drug-likeness (QED) is 0.828. The Balaban J connectivity index is 1.91. The highest BCUT2D eigenvalue weighted by molar-refractivity contribution is 5.98. The van der Waals surface area contributed by atoms with E-state index in [4.69, 9.17) is 0 Å². The zero-order valence-corrected chi connectivity index (χ0v) is 12.1. The molecule has 0 spiro atoms. The molecule has 0 radical (unpaired) electrons. The molecule has 0 fully saturated rings. The predicted molar refractivity (Wildman–Crippen MR) is 84.7 cm³/mol. The maximum absolute atomic E-state index is 11.9. The van der Waals surface area contributed by atoms with E-state index in [2.05, 4.69) is 10.6 Å². The number of hydrogen-bond acceptors (Lipinski definition) is 3. The molecule has 0 atom stereocenters. The Hall–Kier alpha value is -2.62. The average molecular weight is 282 g/mol. The van der Waals surface area contributed by atoms with Crippen molar-refractivity contribution in [2.75, 3.05) is 17.2 Å². The van der Waals surface area contributed by atoms with Gasteiger partial charge in [-0.05, 0) is 38.1 Å². The first-order valence-corrected chi connectivity index (χ1v) is 6.76. The van der Waals surface area contributed by atoms with Gasteiger partial charge in [0.1, 0.15) is 0 Å². The van der Waals surface area contributed by atoms with Crippen LogP contribution in [0.2, 0.25) is 0 Å². The summed E-state index contributed by atoms with van der Waals surface area (Å²) in [5.74, 6) is -0.180. The highest BCUT2D eigenvalue weighted by Gasteiger charge is 2.04. The Morgan fingerprint density at radius 2 is 1.71 bits per heavy atom. The van der Waals surface area contributed by atoms with Gasteiger partial charge in [-0.2, -0.15) is 0 Å². The van der Waals surface area contributed by atoms with Gasteiger partial charge in [-0.25, -0.2) is 0 Å². The molecule has 0 bridgehead atoms. The van der Waals surface area contributed by atoms with E-state index in [0.29, 0.717) is 11.3 Å². The van der Waals surface area contributed by atoms with Gasteiger partial charge in [0.05, 0.1) is 6.54 Å². The Morgan fingerprint density at radius 1 is 1.00 bits per heavy atom. The minimum Gasteiger partial charge on any atom is -0.376 e. The molecule has 0 aliphatic rings. The van der Waals surface area contributed by atoms with E-state index in [1.54, 1.807) is 24.3 Å². The van der Waals surface area contributed by atoms with Gasteiger partial charge in [-0.15, -0.1) is 0 Å². The molecule has 2 rings (SSSR count). The Kier molecular flexibility index (Phi) is 4.72. The fourth-order valence-corrected chi connectivity index (χ4v) is 1.87. The minimum atomic E-state index is -0.156. The number of benzene rings is 2. The first-order valence-electron chi connectivity index (χ1n) is 6.76. The molecule has 0 saturated heterocycles. The third-order valence-corrected chi connectivity index (χ3v) is 3.06. The van der Waals surface area contributed by atoms with E-state index in [1.807, 2.05) is 31.2 Å². The molecule has 2 aromatic rings. The number of rotatable bonds is 5. The van der Waals surface area contributed by atoms with Gasteiger partial charge >= 0.3 is 0 Å². The van der Waals surface area contributed by atoms with Gasteiger partial charge in [-0.1, -0.05) is 29.8 Å². The molecular weight excluding hydrogens is 264 g/mol. The number of carbonyl (C=O) groups excluding carboxylic acids is 2. The maximum atomic E-state index is 11.9. The van der Waals surface area contributed by atoms with Crippen molar-refractivity contribution in [1.29, 1.82) is 0 Å². The normalized spacial score (nSPS) is 10.0. The average Bonchev–Trinajstić information content (AvgIpc) is 2.47. The number of hydrogen-bond donors (Lipinski definition) is 2. The lowest BCUT2D eigenvalue weighted by Crippen LogP contribution is -2.21. The van der Waals surface area contributed by atoms with E-state index in [0.717, 1.165) is 5.69 Å². The van der Waals surface area contributed by atoms with Crippen LogP contribution in [0.4, 0.5) is 11.4 Å². The molecule has 0 aliphatic carbocycles. The lowest BCUT2D eigenvalue weighted by Gasteiger charge is -2.08. The predicted octanol–water partition coefficient (Wildman–Crippen LogP) is 3.25. The van der Waals surface area contributed by atoms with Crippen LogP contribution in [0.3, 0.4) is 0 Å². The second kappa shape index (κ2) is 6.70. The fraction of sp³-hybridized carbons (Fsp3) is 0.176. The highest BCUT2D eigenvalue weighted by Crippen LogP contribution is 2.12. The van der Waals surface area contributed by atoms with Gasteiger partial charge in [0, 0.05) is 16.9 Å². The van der Waals surface area contributed by atoms with E-state index in [1.165, 1.54) is 12.5 Å². The standard InChI is InChI=1S/C17H18N2O2/c1-12-6-8-15(9-7-12)18-11-17(21)19-16-5-3-4-14(10-16)13(2)20/h3-10,18H,11H2,1-2H3,(H,19,21). The summed E-state index contributed by atoms with van der Waals surface area (Å²) in [6, 6.07) is 14.7. The van der Waals surface area contributed by atoms with Crippen LogP contribution in [0.5, 0.6) is 0 Å². The van der Waals surface area contributed by atoms with Gasteiger partial charge in [0.15, 0.2) is 5.78 Å². The van der Waals surface area contributed by atoms with Crippen molar-refractivity contribution in [3.63, 3.8) is 0 Å². The number of amides is 1. The molecule has 1 amide bonds. The monoisotopic (exact) mass is 282 g/mol. The van der Waals surface area contributed by atoms with Crippen LogP contribution in [0.1, 0.15) is 22.8 Å². The summed E-state index contributed by atoms with van der Waals surface area (Å²) in [5, 5.41) is 5.82. The number of aryl methyl sites for hydroxylation is 1. The number of nitrogens with one attached hydrogen (secondary N) is 2. The molecule has 0 heterocycles. The third kappa shape index (κ3) is 4.45. The molecule has 4 heteroatoms. The van der Waals surface area contributed by atoms with Crippen LogP contribution in [-0.4, -0.2) is 18.2 Å². The maximum Gasteiger partial charge on any atom is 0.243 e. The second-order valence-corrected chi connectivity index (χ2v) is 4.90. The fourth-order valence-electron chi connectivity index (χ4n) is 1.87. The Morgan fingerprint density at radius 3 is 2.38 bits per heavy atom. The summed E-state index contributed by atoms with van der Waals surface area (Å²) in [7, 11) is 0. The SMILES string of the molecule is CC(=O)c1cccc(NC(=O)CNc2ccc(C)cc2)c1. The zero-order chi connectivity index (χ0) is 15.2. The second-order valence-electron chi connectivity index (χ2n) is 4.90. The van der Waals surface area contributed by atoms with Crippen molar-refractivity contribution in [3.8, 4) is 0 Å². The van der Waals surface area contributed by atoms with Crippen LogP contribution >= 0.6 is 0 Å². The van der Waals surface area contributed by atoms with Crippen LogP contribution in [0.25, 0.3) is 0 Å². The molecule has 108 valence electrons. The molecule has 0 saturated carbocycles. The summed E-state index contributed by atoms with van der Waals surface area (Å²) >= 11 is 0. The first-order chi connectivity index (χ1) is 10.0. The van der Waals surface area contributed by atoms with Crippen LogP contribution in [0, 0.1) is 6.92 Å². The lowest BCUT2D eigenvalue weighted by atomic mass is 10.1. The Labute approximate surface area is 124 Å². The van der Waals surface area contributed by atoms with Crippen molar-refractivity contribution < 1.29 is 9.59 Å². The number of Topliss-reactive ketones (excluding diaryl/α,β-unsaturated/α-hetero) is 1. The molecule has 4 nitrogen and oxygen atoms in total. The van der Waals surface area contributed by atoms with Crippen molar-refractivity contribution in [2.45, 2.75) is 13.8 Å². The van der Waals surface area contributed by atoms with Crippen LogP contribution in [-0.2, 0) is 4.79 Å². The summed E-state index contributed by atoms with van der Waals surface area (Å²) < 4.78 is 0. The molecular formula is C17H18N2O2. The smallest absolute Gasteiger partial charge is 0.243 e. The number of anilines is 2. The largest absolute Gasteiger partial charge is 0.376 e. The molecule has 0 unspecified atom stereocenters. The van der Waals surface area contributed by atoms with Crippen molar-refractivity contribution >= 4 is 23.1 Å². The van der Waals surface area contributed by atoms with E-state index >= 15 is 0 Å². The van der Waals surface area contributed by atoms with Crippen LogP contribution in [0.15, 0.2) is 48.5 Å². The summed E-state index contributed by atoms with van der Waals surface area (Å²) in [5.41, 5.74) is 3.27. The van der Waals surface area contributed by atoms with Gasteiger partial charge in [0.25, 0.3) is 0 Å². The van der Waals surface area contributed by atoms with Gasteiger partial charge in [-0.3, -0.25) is 9.59 Å². The molecule has 2 aromatic carbocycles. The summed E-state index contributed by atoms with van der Waals surface area (Å²) in [6.45, 7) is 3.69. The summed E-state index contributed by atoms with van der Waals surface area (Å²) in [6.07, 6.45) is 0. The zero-order valence-electron chi connectivity index (χ0n) is 12.1. The number of carbonyl (C=O) groups is 2. The lowest BCUT2D eigenvalue weighted by molar-refractivity contribution is -0.114. The molecule has 0 aromatic heterocycles. The van der Waals surface area contributed by atoms with Gasteiger partial charge < -0.3 is 10.6 Å². The van der Waals surface area contributed by atoms with E-state index in [-0.39, 0.29) is 18.2 Å². The number of ketones is 1. The topological polar surface area (TPSA) is 58.2 Å². The molecule has 21 heavy (non-hydrogen) atoms. The van der Waals surface area contributed by atoms with Crippen molar-refractivity contribution in [3.05, 3.63) is 59.7 Å². The molecule has 0 aliphatic heterocycles.